The van der Waals surface area contributed by atoms with Crippen LogP contribution >= 0.6 is 0 Å². The highest BCUT2D eigenvalue weighted by molar-refractivity contribution is 5.42. The summed E-state index contributed by atoms with van der Waals surface area (Å²) in [5, 5.41) is 3.23. The number of anilines is 1. The lowest BCUT2D eigenvalue weighted by Gasteiger charge is -2.17. The molecule has 2 aromatic carbocycles. The molecule has 2 aromatic rings. The third-order valence-corrected chi connectivity index (χ3v) is 3.03. The SMILES string of the molecule is CN(CCNc1ccc(F)cc1)Cc1ccc(F)cc1. The van der Waals surface area contributed by atoms with Gasteiger partial charge in [0.25, 0.3) is 0 Å². The zero-order valence-electron chi connectivity index (χ0n) is 11.4. The Bertz CT molecular complexity index is 523. The highest BCUT2D eigenvalue weighted by Gasteiger charge is 2.01. The predicted molar refractivity (Wildman–Crippen MR) is 77.6 cm³/mol. The predicted octanol–water partition coefficient (Wildman–Crippen LogP) is 3.51. The fourth-order valence-corrected chi connectivity index (χ4v) is 1.94. The fraction of sp³-hybridized carbons (Fsp3) is 0.250. The van der Waals surface area contributed by atoms with Gasteiger partial charge in [-0.15, -0.1) is 0 Å². The zero-order valence-corrected chi connectivity index (χ0v) is 11.4. The second-order valence-corrected chi connectivity index (χ2v) is 4.80. The highest BCUT2D eigenvalue weighted by Crippen LogP contribution is 2.08. The lowest BCUT2D eigenvalue weighted by atomic mass is 10.2. The monoisotopic (exact) mass is 276 g/mol. The van der Waals surface area contributed by atoms with Gasteiger partial charge in [-0.05, 0) is 49.0 Å². The van der Waals surface area contributed by atoms with Crippen LogP contribution in [0, 0.1) is 11.6 Å². The Balaban J connectivity index is 1.73. The fourth-order valence-electron chi connectivity index (χ4n) is 1.94. The van der Waals surface area contributed by atoms with Crippen LogP contribution in [0.25, 0.3) is 0 Å². The van der Waals surface area contributed by atoms with E-state index in [1.165, 1.54) is 24.3 Å². The van der Waals surface area contributed by atoms with Crippen LogP contribution in [0.15, 0.2) is 48.5 Å². The van der Waals surface area contributed by atoms with Crippen LogP contribution in [0.3, 0.4) is 0 Å². The minimum absolute atomic E-state index is 0.214. The summed E-state index contributed by atoms with van der Waals surface area (Å²) in [5.74, 6) is -0.446. The first-order chi connectivity index (χ1) is 9.63. The van der Waals surface area contributed by atoms with Crippen molar-refractivity contribution in [2.75, 3.05) is 25.5 Å². The lowest BCUT2D eigenvalue weighted by Crippen LogP contribution is -2.24. The molecule has 0 heterocycles. The van der Waals surface area contributed by atoms with Crippen LogP contribution in [0.5, 0.6) is 0 Å². The van der Waals surface area contributed by atoms with E-state index in [4.69, 9.17) is 0 Å². The number of nitrogens with zero attached hydrogens (tertiary/aromatic N) is 1. The second-order valence-electron chi connectivity index (χ2n) is 4.80. The molecule has 0 unspecified atom stereocenters. The maximum absolute atomic E-state index is 12.8. The van der Waals surface area contributed by atoms with Crippen LogP contribution in [-0.4, -0.2) is 25.0 Å². The largest absolute Gasteiger partial charge is 0.384 e. The highest BCUT2D eigenvalue weighted by atomic mass is 19.1. The van der Waals surface area contributed by atoms with E-state index >= 15 is 0 Å². The van der Waals surface area contributed by atoms with E-state index in [2.05, 4.69) is 10.2 Å². The first-order valence-corrected chi connectivity index (χ1v) is 6.56. The van der Waals surface area contributed by atoms with Crippen LogP contribution in [0.4, 0.5) is 14.5 Å². The Morgan fingerprint density at radius 3 is 2.05 bits per heavy atom. The molecule has 0 saturated carbocycles. The van der Waals surface area contributed by atoms with Gasteiger partial charge in [0, 0.05) is 25.3 Å². The standard InChI is InChI=1S/C16H18F2N2/c1-20(12-13-2-4-14(17)5-3-13)11-10-19-16-8-6-15(18)7-9-16/h2-9,19H,10-12H2,1H3. The number of rotatable bonds is 6. The average molecular weight is 276 g/mol. The van der Waals surface area contributed by atoms with E-state index in [-0.39, 0.29) is 11.6 Å². The topological polar surface area (TPSA) is 15.3 Å². The van der Waals surface area contributed by atoms with Gasteiger partial charge >= 0.3 is 0 Å². The van der Waals surface area contributed by atoms with Gasteiger partial charge in [-0.2, -0.15) is 0 Å². The van der Waals surface area contributed by atoms with E-state index in [9.17, 15) is 8.78 Å². The molecule has 0 saturated heterocycles. The number of hydrogen-bond acceptors (Lipinski definition) is 2. The molecule has 0 fully saturated rings. The van der Waals surface area contributed by atoms with Gasteiger partial charge in [0.1, 0.15) is 11.6 Å². The van der Waals surface area contributed by atoms with Gasteiger partial charge in [-0.1, -0.05) is 12.1 Å². The molecule has 0 spiro atoms. The van der Waals surface area contributed by atoms with Crippen molar-refractivity contribution >= 4 is 5.69 Å². The molecule has 1 N–H and O–H groups in total. The van der Waals surface area contributed by atoms with Gasteiger partial charge in [0.15, 0.2) is 0 Å². The van der Waals surface area contributed by atoms with Crippen molar-refractivity contribution in [3.63, 3.8) is 0 Å². The Morgan fingerprint density at radius 1 is 0.900 bits per heavy atom. The quantitative estimate of drug-likeness (QED) is 0.868. The van der Waals surface area contributed by atoms with Crippen molar-refractivity contribution < 1.29 is 8.78 Å². The summed E-state index contributed by atoms with van der Waals surface area (Å²) in [6, 6.07) is 12.8. The molecule has 20 heavy (non-hydrogen) atoms. The van der Waals surface area contributed by atoms with E-state index < -0.39 is 0 Å². The van der Waals surface area contributed by atoms with E-state index in [0.717, 1.165) is 30.9 Å². The molecule has 106 valence electrons. The van der Waals surface area contributed by atoms with E-state index in [1.807, 2.05) is 7.05 Å². The number of likely N-dealkylation sites (N-methyl/N-ethyl adjacent to an activating group) is 1. The molecular formula is C16H18F2N2. The molecule has 0 atom stereocenters. The molecule has 0 aliphatic carbocycles. The number of hydrogen-bond donors (Lipinski definition) is 1. The first kappa shape index (κ1) is 14.5. The maximum atomic E-state index is 12.8. The molecule has 0 aliphatic rings. The average Bonchev–Trinajstić information content (AvgIpc) is 2.44. The van der Waals surface area contributed by atoms with Crippen molar-refractivity contribution in [3.05, 3.63) is 65.7 Å². The Labute approximate surface area is 118 Å². The molecule has 2 nitrogen and oxygen atoms in total. The van der Waals surface area contributed by atoms with Crippen molar-refractivity contribution in [1.29, 1.82) is 0 Å². The Kier molecular flexibility index (Phi) is 5.07. The molecule has 2 rings (SSSR count). The van der Waals surface area contributed by atoms with Gasteiger partial charge in [-0.3, -0.25) is 0 Å². The van der Waals surface area contributed by atoms with Crippen LogP contribution in [0.1, 0.15) is 5.56 Å². The van der Waals surface area contributed by atoms with Gasteiger partial charge in [0.05, 0.1) is 0 Å². The van der Waals surface area contributed by atoms with Crippen molar-refractivity contribution in [2.45, 2.75) is 6.54 Å². The summed E-state index contributed by atoms with van der Waals surface area (Å²) in [4.78, 5) is 2.14. The van der Waals surface area contributed by atoms with Gasteiger partial charge in [0.2, 0.25) is 0 Å². The third kappa shape index (κ3) is 4.63. The van der Waals surface area contributed by atoms with Crippen LogP contribution < -0.4 is 5.32 Å². The summed E-state index contributed by atoms with van der Waals surface area (Å²) in [5.41, 5.74) is 1.98. The third-order valence-electron chi connectivity index (χ3n) is 3.03. The van der Waals surface area contributed by atoms with Crippen molar-refractivity contribution in [1.82, 2.24) is 4.90 Å². The molecule has 0 aromatic heterocycles. The Hall–Kier alpha value is -1.94. The summed E-state index contributed by atoms with van der Waals surface area (Å²) in [6.07, 6.45) is 0. The smallest absolute Gasteiger partial charge is 0.123 e. The molecule has 4 heteroatoms. The summed E-state index contributed by atoms with van der Waals surface area (Å²) < 4.78 is 25.5. The number of benzene rings is 2. The summed E-state index contributed by atoms with van der Waals surface area (Å²) in [6.45, 7) is 2.38. The van der Waals surface area contributed by atoms with Crippen molar-refractivity contribution in [3.8, 4) is 0 Å². The summed E-state index contributed by atoms with van der Waals surface area (Å²) >= 11 is 0. The van der Waals surface area contributed by atoms with Crippen LogP contribution in [-0.2, 0) is 6.54 Å². The molecule has 0 radical (unpaired) electrons. The van der Waals surface area contributed by atoms with Crippen molar-refractivity contribution in [2.24, 2.45) is 0 Å². The normalized spacial score (nSPS) is 10.8. The van der Waals surface area contributed by atoms with E-state index in [0.29, 0.717) is 0 Å². The van der Waals surface area contributed by atoms with Gasteiger partial charge in [-0.25, -0.2) is 8.78 Å². The Morgan fingerprint density at radius 2 is 1.45 bits per heavy atom. The van der Waals surface area contributed by atoms with E-state index in [1.54, 1.807) is 24.3 Å². The second kappa shape index (κ2) is 7.01. The molecule has 0 bridgehead atoms. The van der Waals surface area contributed by atoms with Crippen LogP contribution in [0.2, 0.25) is 0 Å². The molecule has 0 amide bonds. The number of nitrogens with one attached hydrogen (secondary N) is 1. The maximum Gasteiger partial charge on any atom is 0.123 e. The first-order valence-electron chi connectivity index (χ1n) is 6.56. The number of halogens is 2. The zero-order chi connectivity index (χ0) is 14.4. The minimum Gasteiger partial charge on any atom is -0.384 e. The summed E-state index contributed by atoms with van der Waals surface area (Å²) in [7, 11) is 2.01. The lowest BCUT2D eigenvalue weighted by molar-refractivity contribution is 0.340. The molecule has 0 aliphatic heterocycles. The molecular weight excluding hydrogens is 258 g/mol. The minimum atomic E-state index is -0.232. The van der Waals surface area contributed by atoms with Gasteiger partial charge < -0.3 is 10.2 Å².